The van der Waals surface area contributed by atoms with Crippen LogP contribution in [0, 0.1) is 77.5 Å². The summed E-state index contributed by atoms with van der Waals surface area (Å²) in [6.07, 6.45) is 16.1. The van der Waals surface area contributed by atoms with Crippen molar-refractivity contribution in [2.75, 3.05) is 88.3 Å². The number of halogens is 4. The van der Waals surface area contributed by atoms with Crippen molar-refractivity contribution in [1.29, 1.82) is 5.41 Å². The molecule has 0 aliphatic carbocycles. The highest BCUT2D eigenvalue weighted by Gasteiger charge is 2.12. The number of amidine groups is 1. The Morgan fingerprint density at radius 1 is 0.708 bits per heavy atom. The number of aryl methyl sites for hydroxylation is 6. The number of hydrogen-bond acceptors (Lipinski definition) is 15. The number of pyridine rings is 4. The minimum Gasteiger partial charge on any atom is -0.397 e. The second kappa shape index (κ2) is 44.0. The van der Waals surface area contributed by atoms with Crippen molar-refractivity contribution in [3.8, 4) is 24.2 Å². The van der Waals surface area contributed by atoms with Gasteiger partial charge in [0.2, 0.25) is 0 Å². The summed E-state index contributed by atoms with van der Waals surface area (Å²) in [6.45, 7) is 10.5. The third-order valence-corrected chi connectivity index (χ3v) is 8.64. The van der Waals surface area contributed by atoms with Crippen molar-refractivity contribution in [3.05, 3.63) is 113 Å². The lowest BCUT2D eigenvalue weighted by molar-refractivity contribution is -0.385. The first-order valence-electron chi connectivity index (χ1n) is 20.8. The second-order valence-corrected chi connectivity index (χ2v) is 17.1. The predicted molar refractivity (Wildman–Crippen MR) is 309 cm³/mol. The molecular formula is C48H80BrCl3N16O4. The number of nitrogens with zero attached hydrogens (tertiary/aromatic N) is 11. The number of guanidine groups is 1. The van der Waals surface area contributed by atoms with Crippen molar-refractivity contribution in [2.45, 2.75) is 68.2 Å². The number of nitrogens with one attached hydrogen (secondary N) is 1. The lowest BCUT2D eigenvalue weighted by Crippen LogP contribution is -2.22. The van der Waals surface area contributed by atoms with Gasteiger partial charge in [0.25, 0.3) is 11.4 Å². The van der Waals surface area contributed by atoms with Gasteiger partial charge in [0.05, 0.1) is 45.7 Å². The van der Waals surface area contributed by atoms with Gasteiger partial charge in [-0.05, 0) is 174 Å². The molecule has 404 valence electrons. The average molecular weight is 1130 g/mol. The molecule has 20 nitrogen and oxygen atoms in total. The fourth-order valence-electron chi connectivity index (χ4n) is 4.82. The second-order valence-electron chi connectivity index (χ2n) is 15.7. The number of rotatable bonds is 13. The summed E-state index contributed by atoms with van der Waals surface area (Å²) in [5, 5.41) is 26.7. The molecule has 0 spiro atoms. The van der Waals surface area contributed by atoms with Crippen LogP contribution in [-0.4, -0.2) is 143 Å². The summed E-state index contributed by atoms with van der Waals surface area (Å²) >= 11 is 7.73. The number of aliphatic imine (C=N–C) groups is 1. The van der Waals surface area contributed by atoms with Gasteiger partial charge in [0.1, 0.15) is 11.4 Å². The van der Waals surface area contributed by atoms with E-state index in [-0.39, 0.29) is 62.3 Å². The molecule has 4 aromatic rings. The third-order valence-electron chi connectivity index (χ3n) is 8.21. The Kier molecular flexibility index (Phi) is 47.5. The predicted octanol–water partition coefficient (Wildman–Crippen LogP) is 7.94. The summed E-state index contributed by atoms with van der Waals surface area (Å²) in [4.78, 5) is 48.7. The molecule has 0 fully saturated rings. The van der Waals surface area contributed by atoms with E-state index in [1.54, 1.807) is 20.0 Å². The van der Waals surface area contributed by atoms with Crippen LogP contribution < -0.4 is 22.9 Å². The van der Waals surface area contributed by atoms with E-state index in [2.05, 4.69) is 114 Å². The molecule has 4 rings (SSSR count). The Bertz CT molecular complexity index is 2310. The van der Waals surface area contributed by atoms with E-state index in [9.17, 15) is 20.2 Å². The first-order chi connectivity index (χ1) is 31.7. The number of hydrogen-bond donors (Lipinski definition) is 5. The molecule has 72 heavy (non-hydrogen) atoms. The van der Waals surface area contributed by atoms with E-state index in [0.29, 0.717) is 28.0 Å². The molecule has 9 N–H and O–H groups in total. The zero-order valence-electron chi connectivity index (χ0n) is 42.3. The van der Waals surface area contributed by atoms with Crippen LogP contribution in [-0.2, 0) is 12.8 Å². The summed E-state index contributed by atoms with van der Waals surface area (Å²) in [5.74, 6) is 8.30. The molecule has 0 amide bonds. The van der Waals surface area contributed by atoms with Gasteiger partial charge in [-0.25, -0.2) is 4.99 Å². The van der Waals surface area contributed by atoms with E-state index < -0.39 is 9.85 Å². The van der Waals surface area contributed by atoms with E-state index >= 15 is 0 Å². The normalized spacial score (nSPS) is 9.29. The summed E-state index contributed by atoms with van der Waals surface area (Å²) in [7, 11) is 16.0. The molecule has 0 unspecified atom stereocenters. The highest BCUT2D eigenvalue weighted by atomic mass is 79.9. The van der Waals surface area contributed by atoms with Crippen LogP contribution in [0.4, 0.5) is 22.7 Å². The van der Waals surface area contributed by atoms with Crippen molar-refractivity contribution < 1.29 is 9.85 Å². The third kappa shape index (κ3) is 40.9. The highest BCUT2D eigenvalue weighted by Crippen LogP contribution is 2.20. The topological polar surface area (TPSA) is 291 Å². The van der Waals surface area contributed by atoms with Crippen LogP contribution in [0.5, 0.6) is 0 Å². The Labute approximate surface area is 455 Å². The fourth-order valence-corrected chi connectivity index (χ4v) is 5.14. The average Bonchev–Trinajstić information content (AvgIpc) is 3.22. The van der Waals surface area contributed by atoms with Gasteiger partial charge in [0, 0.05) is 47.0 Å². The van der Waals surface area contributed by atoms with Gasteiger partial charge in [0.15, 0.2) is 11.3 Å². The van der Waals surface area contributed by atoms with Crippen LogP contribution in [0.3, 0.4) is 0 Å². The summed E-state index contributed by atoms with van der Waals surface area (Å²) in [5.41, 5.74) is 28.2. The summed E-state index contributed by atoms with van der Waals surface area (Å²) < 4.78 is 0.620. The molecule has 4 heterocycles. The van der Waals surface area contributed by atoms with E-state index in [0.717, 1.165) is 73.6 Å². The Balaban J connectivity index is -0.000000188. The molecule has 0 radical (unpaired) electrons. The number of nitrogens with two attached hydrogens (primary N) is 4. The zero-order valence-corrected chi connectivity index (χ0v) is 46.3. The number of terminal acetylenes is 1. The smallest absolute Gasteiger partial charge is 0.291 e. The molecular weight excluding hydrogens is 1050 g/mol. The molecule has 0 bridgehead atoms. The van der Waals surface area contributed by atoms with Gasteiger partial charge in [-0.2, -0.15) is 0 Å². The minimum absolute atomic E-state index is 0. The zero-order chi connectivity index (χ0) is 52.5. The van der Waals surface area contributed by atoms with E-state index in [1.165, 1.54) is 23.9 Å². The molecule has 0 aromatic carbocycles. The van der Waals surface area contributed by atoms with Crippen molar-refractivity contribution in [3.63, 3.8) is 0 Å². The SMILES string of the molecule is C.C.C#CCN(C)C.Cc1ncc(Br)cc1[N+](=O)[O-].Cc1ncc(C#CCN(C)C)cc1[N+](=O)[O-].Cc1ncc(CCCN(C)C)cc1N.Cc1ncc(CCCN(C)C)cc1N=C(N)N.Cl.Cl.N=C(N)Cl. The van der Waals surface area contributed by atoms with Crippen molar-refractivity contribution in [2.24, 2.45) is 22.2 Å². The number of aromatic nitrogens is 4. The molecule has 0 aliphatic heterocycles. The first kappa shape index (κ1) is 77.7. The Hall–Kier alpha value is -5.75. The van der Waals surface area contributed by atoms with Crippen LogP contribution >= 0.6 is 52.3 Å². The first-order valence-corrected chi connectivity index (χ1v) is 22.0. The molecule has 0 aliphatic rings. The Morgan fingerprint density at radius 3 is 1.50 bits per heavy atom. The number of nitro groups is 2. The number of anilines is 1. The van der Waals surface area contributed by atoms with Crippen LogP contribution in [0.2, 0.25) is 0 Å². The number of nitrogen functional groups attached to an aromatic ring is 1. The molecule has 4 aromatic heterocycles. The van der Waals surface area contributed by atoms with Gasteiger partial charge in [-0.15, -0.1) is 31.2 Å². The minimum atomic E-state index is -0.451. The molecule has 0 atom stereocenters. The van der Waals surface area contributed by atoms with Crippen LogP contribution in [0.25, 0.3) is 0 Å². The van der Waals surface area contributed by atoms with Gasteiger partial charge in [-0.1, -0.05) is 32.6 Å². The molecule has 0 saturated heterocycles. The highest BCUT2D eigenvalue weighted by molar-refractivity contribution is 9.10. The van der Waals surface area contributed by atoms with Gasteiger partial charge in [-0.3, -0.25) is 55.4 Å². The van der Waals surface area contributed by atoms with E-state index in [1.807, 2.05) is 76.4 Å². The van der Waals surface area contributed by atoms with Gasteiger partial charge < -0.3 is 32.7 Å². The van der Waals surface area contributed by atoms with Crippen LogP contribution in [0.15, 0.2) is 58.5 Å². The lowest BCUT2D eigenvalue weighted by Gasteiger charge is -2.09. The largest absolute Gasteiger partial charge is 0.397 e. The quantitative estimate of drug-likeness (QED) is 0.0212. The fraction of sp³-hybridized carbons (Fsp3) is 0.458. The maximum absolute atomic E-state index is 10.7. The lowest BCUT2D eigenvalue weighted by atomic mass is 10.1. The van der Waals surface area contributed by atoms with Crippen LogP contribution in [0.1, 0.15) is 67.2 Å². The van der Waals surface area contributed by atoms with E-state index in [4.69, 9.17) is 29.0 Å². The molecule has 24 heteroatoms. The Morgan fingerprint density at radius 2 is 1.12 bits per heavy atom. The maximum atomic E-state index is 10.7. The monoisotopic (exact) mass is 1130 g/mol. The van der Waals surface area contributed by atoms with Crippen molar-refractivity contribution in [1.82, 2.24) is 39.5 Å². The molecule has 0 saturated carbocycles. The van der Waals surface area contributed by atoms with Crippen molar-refractivity contribution >= 4 is 86.3 Å². The maximum Gasteiger partial charge on any atom is 0.291 e. The summed E-state index contributed by atoms with van der Waals surface area (Å²) in [6, 6.07) is 6.91. The standard InChI is InChI=1S/C12H21N5.C11H13N3O2.C11H19N3.C6H5BrN2O2.C5H9N.CH3ClN2.2CH4.2ClH/c1-9-11(16-12(13)14)7-10(8-15-9)5-4-6-17(2)3;1-9-11(14(15)16)7-10(8-12-9)5-4-6-13(2)3;1-9-11(12)7-10(8-13-9)5-4-6-14(2)3;1-4-6(9(10)11)2-5(7)3-8-4;1-4-5-6(2)3;2-1(3)4;;;;/h7-8H,4-6H2,1-3H3,(H4,13,14,16);7-8H,6H2,1-3H3;7-8H,4-6,12H2,1-3H3;2-3H,1H3;1H,5H2,2-3H3;(H3,3,4);2*1H4;2*1H. The van der Waals surface area contributed by atoms with Gasteiger partial charge >= 0.3 is 0 Å².